The van der Waals surface area contributed by atoms with Gasteiger partial charge in [-0.1, -0.05) is 18.2 Å². The largest absolute Gasteiger partial charge is 0.388 e. The summed E-state index contributed by atoms with van der Waals surface area (Å²) < 4.78 is 0. The fourth-order valence-corrected chi connectivity index (χ4v) is 2.42. The number of β-amino-alcohol motifs (C(OH)–C–C–N with tert-alkyl or cyclic N) is 1. The van der Waals surface area contributed by atoms with Gasteiger partial charge in [-0.2, -0.15) is 0 Å². The Hall–Kier alpha value is -1.06. The van der Waals surface area contributed by atoms with E-state index in [1.807, 2.05) is 19.1 Å². The molecular formula is C13H20N2O. The first-order chi connectivity index (χ1) is 7.62. The van der Waals surface area contributed by atoms with Crippen molar-refractivity contribution in [3.8, 4) is 0 Å². The van der Waals surface area contributed by atoms with Crippen LogP contribution < -0.4 is 10.6 Å². The molecular weight excluding hydrogens is 200 g/mol. The van der Waals surface area contributed by atoms with Crippen molar-refractivity contribution in [1.29, 1.82) is 0 Å². The van der Waals surface area contributed by atoms with Gasteiger partial charge in [-0.15, -0.1) is 0 Å². The molecule has 1 aromatic rings. The molecule has 1 saturated heterocycles. The maximum atomic E-state index is 10.1. The highest BCUT2D eigenvalue weighted by Crippen LogP contribution is 2.27. The summed E-state index contributed by atoms with van der Waals surface area (Å²) in [6.45, 7) is 4.16. The van der Waals surface area contributed by atoms with Crippen LogP contribution in [0.5, 0.6) is 0 Å². The van der Waals surface area contributed by atoms with Gasteiger partial charge in [-0.25, -0.2) is 0 Å². The highest BCUT2D eigenvalue weighted by molar-refractivity contribution is 5.54. The van der Waals surface area contributed by atoms with Gasteiger partial charge in [0, 0.05) is 25.3 Å². The predicted octanol–water partition coefficient (Wildman–Crippen LogP) is 1.50. The van der Waals surface area contributed by atoms with Gasteiger partial charge in [-0.05, 0) is 31.4 Å². The van der Waals surface area contributed by atoms with Crippen molar-refractivity contribution in [2.45, 2.75) is 31.9 Å². The van der Waals surface area contributed by atoms with Crippen molar-refractivity contribution in [2.24, 2.45) is 5.73 Å². The van der Waals surface area contributed by atoms with Crippen LogP contribution in [0.15, 0.2) is 24.3 Å². The van der Waals surface area contributed by atoms with E-state index in [0.29, 0.717) is 13.1 Å². The zero-order valence-corrected chi connectivity index (χ0v) is 9.82. The van der Waals surface area contributed by atoms with E-state index in [-0.39, 0.29) is 0 Å². The molecule has 88 valence electrons. The average Bonchev–Trinajstić information content (AvgIpc) is 2.27. The van der Waals surface area contributed by atoms with Gasteiger partial charge in [0.2, 0.25) is 0 Å². The summed E-state index contributed by atoms with van der Waals surface area (Å²) in [4.78, 5) is 2.24. The molecule has 0 amide bonds. The highest BCUT2D eigenvalue weighted by Gasteiger charge is 2.28. The Kier molecular flexibility index (Phi) is 3.17. The zero-order valence-electron chi connectivity index (χ0n) is 9.82. The van der Waals surface area contributed by atoms with E-state index < -0.39 is 5.60 Å². The standard InChI is InChI=1S/C13H20N2O/c1-13(16)7-4-8-15(10-13)12-6-3-2-5-11(12)9-14/h2-3,5-6,16H,4,7-10,14H2,1H3. The molecule has 1 unspecified atom stereocenters. The van der Waals surface area contributed by atoms with Gasteiger partial charge in [-0.3, -0.25) is 0 Å². The van der Waals surface area contributed by atoms with Crippen LogP contribution in [0.2, 0.25) is 0 Å². The van der Waals surface area contributed by atoms with Crippen LogP contribution in [0.25, 0.3) is 0 Å². The number of aliphatic hydroxyl groups is 1. The maximum absolute atomic E-state index is 10.1. The quantitative estimate of drug-likeness (QED) is 0.794. The normalized spacial score (nSPS) is 25.8. The van der Waals surface area contributed by atoms with Crippen molar-refractivity contribution < 1.29 is 5.11 Å². The van der Waals surface area contributed by atoms with Crippen LogP contribution in [0, 0.1) is 0 Å². The van der Waals surface area contributed by atoms with Gasteiger partial charge >= 0.3 is 0 Å². The number of hydrogen-bond donors (Lipinski definition) is 2. The topological polar surface area (TPSA) is 49.5 Å². The van der Waals surface area contributed by atoms with Gasteiger partial charge < -0.3 is 15.7 Å². The van der Waals surface area contributed by atoms with Crippen LogP contribution in [0.3, 0.4) is 0 Å². The molecule has 0 bridgehead atoms. The zero-order chi connectivity index (χ0) is 11.6. The molecule has 16 heavy (non-hydrogen) atoms. The Morgan fingerprint density at radius 2 is 2.19 bits per heavy atom. The third-order valence-corrected chi connectivity index (χ3v) is 3.23. The van der Waals surface area contributed by atoms with Crippen molar-refractivity contribution in [3.05, 3.63) is 29.8 Å². The molecule has 0 saturated carbocycles. The smallest absolute Gasteiger partial charge is 0.0794 e. The Labute approximate surface area is 96.9 Å². The fourth-order valence-electron chi connectivity index (χ4n) is 2.42. The SMILES string of the molecule is CC1(O)CCCN(c2ccccc2CN)C1. The summed E-state index contributed by atoms with van der Waals surface area (Å²) in [6, 6.07) is 8.17. The third kappa shape index (κ3) is 2.36. The number of para-hydroxylation sites is 1. The van der Waals surface area contributed by atoms with E-state index in [1.54, 1.807) is 0 Å². The molecule has 3 nitrogen and oxygen atoms in total. The van der Waals surface area contributed by atoms with Crippen molar-refractivity contribution >= 4 is 5.69 Å². The molecule has 3 N–H and O–H groups in total. The number of rotatable bonds is 2. The molecule has 2 rings (SSSR count). The van der Waals surface area contributed by atoms with Gasteiger partial charge in [0.25, 0.3) is 0 Å². The second-order valence-corrected chi connectivity index (χ2v) is 4.85. The Morgan fingerprint density at radius 1 is 1.44 bits per heavy atom. The Bertz CT molecular complexity index is 363. The lowest BCUT2D eigenvalue weighted by atomic mass is 9.94. The molecule has 3 heteroatoms. The van der Waals surface area contributed by atoms with Crippen LogP contribution in [0.4, 0.5) is 5.69 Å². The molecule has 1 fully saturated rings. The highest BCUT2D eigenvalue weighted by atomic mass is 16.3. The second kappa shape index (κ2) is 4.44. The number of piperidine rings is 1. The molecule has 1 aliphatic heterocycles. The summed E-state index contributed by atoms with van der Waals surface area (Å²) in [5.41, 5.74) is 7.49. The molecule has 0 aliphatic carbocycles. The lowest BCUT2D eigenvalue weighted by molar-refractivity contribution is 0.0449. The van der Waals surface area contributed by atoms with E-state index >= 15 is 0 Å². The van der Waals surface area contributed by atoms with Crippen molar-refractivity contribution in [3.63, 3.8) is 0 Å². The molecule has 0 spiro atoms. The predicted molar refractivity (Wildman–Crippen MR) is 66.4 cm³/mol. The van der Waals surface area contributed by atoms with Gasteiger partial charge in [0.05, 0.1) is 5.60 Å². The average molecular weight is 220 g/mol. The van der Waals surface area contributed by atoms with E-state index in [0.717, 1.165) is 24.9 Å². The summed E-state index contributed by atoms with van der Waals surface area (Å²) >= 11 is 0. The van der Waals surface area contributed by atoms with Crippen LogP contribution in [-0.4, -0.2) is 23.8 Å². The molecule has 1 aliphatic rings. The van der Waals surface area contributed by atoms with E-state index in [9.17, 15) is 5.11 Å². The van der Waals surface area contributed by atoms with Gasteiger partial charge in [0.1, 0.15) is 0 Å². The van der Waals surface area contributed by atoms with Crippen molar-refractivity contribution in [1.82, 2.24) is 0 Å². The minimum absolute atomic E-state index is 0.550. The van der Waals surface area contributed by atoms with Gasteiger partial charge in [0.15, 0.2) is 0 Å². The number of nitrogens with two attached hydrogens (primary N) is 1. The summed E-state index contributed by atoms with van der Waals surface area (Å²) in [6.07, 6.45) is 1.92. The molecule has 0 radical (unpaired) electrons. The summed E-state index contributed by atoms with van der Waals surface area (Å²) in [7, 11) is 0. The van der Waals surface area contributed by atoms with E-state index in [4.69, 9.17) is 5.73 Å². The second-order valence-electron chi connectivity index (χ2n) is 4.85. The number of nitrogens with zero attached hydrogens (tertiary/aromatic N) is 1. The maximum Gasteiger partial charge on any atom is 0.0794 e. The summed E-state index contributed by atoms with van der Waals surface area (Å²) in [5, 5.41) is 10.1. The van der Waals surface area contributed by atoms with Crippen LogP contribution in [-0.2, 0) is 6.54 Å². The lowest BCUT2D eigenvalue weighted by Crippen LogP contribution is -2.46. The first-order valence-electron chi connectivity index (χ1n) is 5.88. The molecule has 0 aromatic heterocycles. The lowest BCUT2D eigenvalue weighted by Gasteiger charge is -2.39. The fraction of sp³-hybridized carbons (Fsp3) is 0.538. The molecule has 1 aromatic carbocycles. The van der Waals surface area contributed by atoms with E-state index in [2.05, 4.69) is 17.0 Å². The van der Waals surface area contributed by atoms with Crippen LogP contribution >= 0.6 is 0 Å². The minimum atomic E-state index is -0.569. The number of hydrogen-bond acceptors (Lipinski definition) is 3. The van der Waals surface area contributed by atoms with Crippen LogP contribution in [0.1, 0.15) is 25.3 Å². The Morgan fingerprint density at radius 3 is 2.88 bits per heavy atom. The molecule has 1 atom stereocenters. The summed E-state index contributed by atoms with van der Waals surface area (Å²) in [5.74, 6) is 0. The first-order valence-corrected chi connectivity index (χ1v) is 5.88. The number of anilines is 1. The third-order valence-electron chi connectivity index (χ3n) is 3.23. The van der Waals surface area contributed by atoms with Crippen molar-refractivity contribution in [2.75, 3.05) is 18.0 Å². The number of benzene rings is 1. The molecule has 1 heterocycles. The van der Waals surface area contributed by atoms with E-state index in [1.165, 1.54) is 5.69 Å². The first kappa shape index (κ1) is 11.4. The minimum Gasteiger partial charge on any atom is -0.388 e. The Balaban J connectivity index is 2.23. The monoisotopic (exact) mass is 220 g/mol.